The Bertz CT molecular complexity index is 1260. The van der Waals surface area contributed by atoms with E-state index in [1.807, 2.05) is 33.8 Å². The molecule has 0 spiro atoms. The van der Waals surface area contributed by atoms with E-state index in [2.05, 4.69) is 22.4 Å². The Kier molecular flexibility index (Phi) is 20.4. The number of H-pyrrole nitrogens is 1. The number of hydrogen-bond acceptors (Lipinski definition) is 10. The van der Waals surface area contributed by atoms with Crippen LogP contribution in [0.25, 0.3) is 0 Å². The molecule has 4 N–H and O–H groups in total. The van der Waals surface area contributed by atoms with Crippen molar-refractivity contribution in [1.29, 1.82) is 0 Å². The van der Waals surface area contributed by atoms with Crippen molar-refractivity contribution in [2.45, 2.75) is 78.9 Å². The minimum Gasteiger partial charge on any atom is -0.462 e. The van der Waals surface area contributed by atoms with Crippen LogP contribution in [-0.4, -0.2) is 64.3 Å². The van der Waals surface area contributed by atoms with Gasteiger partial charge in [-0.1, -0.05) is 39.0 Å². The summed E-state index contributed by atoms with van der Waals surface area (Å²) in [5.74, 6) is 2.42. The van der Waals surface area contributed by atoms with Crippen LogP contribution in [0.4, 0.5) is 0 Å². The van der Waals surface area contributed by atoms with Gasteiger partial charge in [0.25, 0.3) is 5.56 Å². The van der Waals surface area contributed by atoms with E-state index in [4.69, 9.17) is 35.4 Å². The van der Waals surface area contributed by atoms with E-state index < -0.39 is 48.8 Å². The second-order valence-electron chi connectivity index (χ2n) is 9.55. The van der Waals surface area contributed by atoms with Crippen molar-refractivity contribution in [2.24, 2.45) is 5.92 Å². The summed E-state index contributed by atoms with van der Waals surface area (Å²) in [7, 11) is 1.00. The number of ether oxygens (including phenoxy) is 2. The summed E-state index contributed by atoms with van der Waals surface area (Å²) < 4.78 is 24.6. The lowest BCUT2D eigenvalue weighted by atomic mass is 10.0. The summed E-state index contributed by atoms with van der Waals surface area (Å²) in [6.07, 6.45) is 4.96. The van der Waals surface area contributed by atoms with Crippen LogP contribution in [0.3, 0.4) is 0 Å². The maximum absolute atomic E-state index is 13.0. The van der Waals surface area contributed by atoms with E-state index in [1.54, 1.807) is 38.1 Å². The lowest BCUT2D eigenvalue weighted by Gasteiger charge is -2.30. The van der Waals surface area contributed by atoms with Gasteiger partial charge < -0.3 is 28.7 Å². The Morgan fingerprint density at radius 3 is 2.26 bits per heavy atom. The summed E-state index contributed by atoms with van der Waals surface area (Å²) >= 11 is 5.81. The van der Waals surface area contributed by atoms with Crippen LogP contribution < -0.4 is 20.9 Å². The Balaban J connectivity index is 0.00000331. The summed E-state index contributed by atoms with van der Waals surface area (Å²) in [5.41, 5.74) is -1.29. The van der Waals surface area contributed by atoms with Gasteiger partial charge in [0.15, 0.2) is 6.23 Å². The molecular formula is C29H46N3O9PS. The Labute approximate surface area is 259 Å². The highest BCUT2D eigenvalue weighted by atomic mass is 32.5. The fourth-order valence-corrected chi connectivity index (χ4v) is 5.70. The number of carbonyl (C=O) groups is 1. The minimum atomic E-state index is -3.33. The zero-order valence-corrected chi connectivity index (χ0v) is 27.6. The number of aromatic nitrogens is 2. The normalized spacial score (nSPS) is 14.7. The molecule has 12 nitrogen and oxygen atoms in total. The van der Waals surface area contributed by atoms with Crippen LogP contribution in [-0.2, 0) is 30.6 Å². The molecule has 2 rings (SSSR count). The highest BCUT2D eigenvalue weighted by Gasteiger charge is 2.32. The number of para-hydroxylation sites is 1. The molecule has 0 aliphatic heterocycles. The van der Waals surface area contributed by atoms with E-state index in [1.165, 1.54) is 6.20 Å². The Morgan fingerprint density at radius 2 is 1.74 bits per heavy atom. The topological polar surface area (TPSA) is 161 Å². The molecule has 5 atom stereocenters. The first-order valence-corrected chi connectivity index (χ1v) is 16.4. The fourth-order valence-electron chi connectivity index (χ4n) is 3.30. The number of terminal acetylenes is 1. The smallest absolute Gasteiger partial charge is 0.330 e. The Hall–Kier alpha value is -2.82. The molecule has 1 aromatic carbocycles. The van der Waals surface area contributed by atoms with Crippen molar-refractivity contribution in [1.82, 2.24) is 14.6 Å². The number of aliphatic hydroxyl groups is 2. The largest absolute Gasteiger partial charge is 0.462 e. The lowest BCUT2D eigenvalue weighted by molar-refractivity contribution is -0.150. The molecule has 0 fully saturated rings. The molecule has 0 saturated heterocycles. The number of hydrogen-bond donors (Lipinski definition) is 4. The Morgan fingerprint density at radius 1 is 1.14 bits per heavy atom. The molecule has 3 unspecified atom stereocenters. The molecule has 14 heteroatoms. The number of aromatic amines is 1. The van der Waals surface area contributed by atoms with E-state index >= 15 is 0 Å². The van der Waals surface area contributed by atoms with Gasteiger partial charge in [-0.05, 0) is 63.5 Å². The standard InChI is InChI=1S/C25H38N3O8PS.C3H4.CH4O/c1-6-18(4)35-24(31)21(14-17(2)3)27-37(38,36-20-10-8-7-9-11-20)33-16-19(5)34-23(15-29)28-13-12-22(30)26-25(28)32;1-3-2;1-2/h7-13,17-19,21,23,29H,6,14-16H2,1-5H3,(H,27,38)(H,26,30,32);1H,2H3;2H,1H3/t18?,19-,21?,23+,37?;;/m0../s1. The molecule has 1 aromatic heterocycles. The molecule has 43 heavy (non-hydrogen) atoms. The minimum absolute atomic E-state index is 0.0828. The molecule has 2 aromatic rings. The highest BCUT2D eigenvalue weighted by molar-refractivity contribution is 8.09. The van der Waals surface area contributed by atoms with E-state index in [9.17, 15) is 19.5 Å². The average molecular weight is 644 g/mol. The molecule has 0 aliphatic carbocycles. The van der Waals surface area contributed by atoms with Crippen LogP contribution in [0.15, 0.2) is 52.2 Å². The van der Waals surface area contributed by atoms with Crippen molar-refractivity contribution in [2.75, 3.05) is 20.3 Å². The van der Waals surface area contributed by atoms with Gasteiger partial charge in [0.2, 0.25) is 0 Å². The van der Waals surface area contributed by atoms with Crippen molar-refractivity contribution < 1.29 is 33.5 Å². The van der Waals surface area contributed by atoms with Gasteiger partial charge in [0.05, 0.1) is 25.4 Å². The zero-order valence-electron chi connectivity index (χ0n) is 25.9. The average Bonchev–Trinajstić information content (AvgIpc) is 2.96. The first-order chi connectivity index (χ1) is 20.4. The molecule has 242 valence electrons. The molecule has 0 bridgehead atoms. The summed E-state index contributed by atoms with van der Waals surface area (Å²) in [6.45, 7) is 7.10. The second-order valence-corrected chi connectivity index (χ2v) is 12.7. The van der Waals surface area contributed by atoms with Gasteiger partial charge in [0, 0.05) is 19.4 Å². The first-order valence-electron chi connectivity index (χ1n) is 13.7. The summed E-state index contributed by atoms with van der Waals surface area (Å²) in [6, 6.07) is 9.25. The molecule has 0 saturated carbocycles. The zero-order chi connectivity index (χ0) is 33.0. The number of nitrogens with one attached hydrogen (secondary N) is 2. The van der Waals surface area contributed by atoms with Gasteiger partial charge in [-0.25, -0.2) is 9.88 Å². The van der Waals surface area contributed by atoms with Crippen LogP contribution in [0.2, 0.25) is 0 Å². The predicted octanol–water partition coefficient (Wildman–Crippen LogP) is 3.35. The van der Waals surface area contributed by atoms with Crippen molar-refractivity contribution in [3.63, 3.8) is 0 Å². The number of rotatable bonds is 16. The van der Waals surface area contributed by atoms with Crippen molar-refractivity contribution >= 4 is 24.4 Å². The highest BCUT2D eigenvalue weighted by Crippen LogP contribution is 2.46. The van der Waals surface area contributed by atoms with Gasteiger partial charge in [0.1, 0.15) is 11.8 Å². The number of aliphatic hydroxyl groups excluding tert-OH is 2. The maximum Gasteiger partial charge on any atom is 0.330 e. The third-order valence-electron chi connectivity index (χ3n) is 5.35. The van der Waals surface area contributed by atoms with Gasteiger partial charge in [-0.15, -0.1) is 12.3 Å². The monoisotopic (exact) mass is 643 g/mol. The molecule has 0 aliphatic rings. The lowest BCUT2D eigenvalue weighted by Crippen LogP contribution is -2.40. The molecule has 0 radical (unpaired) electrons. The van der Waals surface area contributed by atoms with Crippen LogP contribution in [0.5, 0.6) is 5.75 Å². The van der Waals surface area contributed by atoms with E-state index in [0.29, 0.717) is 18.6 Å². The molecule has 0 amide bonds. The summed E-state index contributed by atoms with van der Waals surface area (Å²) in [4.78, 5) is 38.6. The number of carbonyl (C=O) groups excluding carboxylic acids is 1. The number of benzene rings is 1. The fraction of sp³-hybridized carbons (Fsp3) is 0.552. The van der Waals surface area contributed by atoms with Crippen molar-refractivity contribution in [3.05, 3.63) is 63.4 Å². The van der Waals surface area contributed by atoms with E-state index in [0.717, 1.165) is 17.7 Å². The second kappa shape index (κ2) is 21.8. The van der Waals surface area contributed by atoms with Crippen LogP contribution >= 0.6 is 6.64 Å². The van der Waals surface area contributed by atoms with Crippen molar-refractivity contribution in [3.8, 4) is 18.1 Å². The van der Waals surface area contributed by atoms with Crippen LogP contribution in [0.1, 0.15) is 60.6 Å². The van der Waals surface area contributed by atoms with Gasteiger partial charge >= 0.3 is 18.3 Å². The number of nitrogens with zero attached hydrogens (tertiary/aromatic N) is 1. The van der Waals surface area contributed by atoms with Gasteiger partial charge in [-0.2, -0.15) is 0 Å². The third-order valence-corrected chi connectivity index (χ3v) is 7.78. The first kappa shape index (κ1) is 40.2. The van der Waals surface area contributed by atoms with E-state index in [-0.39, 0.29) is 18.6 Å². The maximum atomic E-state index is 13.0. The molecular weight excluding hydrogens is 597 g/mol. The third kappa shape index (κ3) is 16.0. The molecule has 1 heterocycles. The summed E-state index contributed by atoms with van der Waals surface area (Å²) in [5, 5.41) is 19.9. The quantitative estimate of drug-likeness (QED) is 0.121. The number of esters is 1. The SMILES string of the molecule is C#CC.CCC(C)OC(=O)C(CC(C)C)NP(=S)(OC[C@H](C)O[C@H](CO)n1ccc(=O)[nH]c1=O)Oc1ccccc1.CO. The predicted molar refractivity (Wildman–Crippen MR) is 170 cm³/mol. The van der Waals surface area contributed by atoms with Crippen LogP contribution in [0, 0.1) is 18.3 Å². The van der Waals surface area contributed by atoms with Gasteiger partial charge in [-0.3, -0.25) is 19.1 Å².